The van der Waals surface area contributed by atoms with Crippen molar-refractivity contribution >= 4 is 17.1 Å². The molecule has 0 fully saturated rings. The summed E-state index contributed by atoms with van der Waals surface area (Å²) in [5.74, 6) is 0. The lowest BCUT2D eigenvalue weighted by atomic mass is 10.2. The maximum Gasteiger partial charge on any atom is 0.364 e. The van der Waals surface area contributed by atoms with Crippen LogP contribution in [-0.4, -0.2) is 43.5 Å². The van der Waals surface area contributed by atoms with E-state index in [4.69, 9.17) is 17.7 Å². The van der Waals surface area contributed by atoms with Crippen LogP contribution >= 0.6 is 0 Å². The Balaban J connectivity index is 5.75. The van der Waals surface area contributed by atoms with E-state index in [1.54, 1.807) is 0 Å². The molecule has 4 nitrogen and oxygen atoms in total. The first-order chi connectivity index (χ1) is 15.6. The summed E-state index contributed by atoms with van der Waals surface area (Å²) in [5.41, 5.74) is 4.63. The molecule has 190 valence electrons. The van der Waals surface area contributed by atoms with Gasteiger partial charge in [-0.15, -0.1) is 0 Å². The van der Waals surface area contributed by atoms with E-state index in [0.717, 1.165) is 77.0 Å². The number of rotatable bonds is 23. The molecule has 0 heterocycles. The van der Waals surface area contributed by atoms with Gasteiger partial charge < -0.3 is 17.7 Å². The zero-order chi connectivity index (χ0) is 24.0. The molecule has 0 bridgehead atoms. The molecule has 0 aliphatic carbocycles. The maximum absolute atomic E-state index is 6.53. The molecule has 6 heteroatoms. The van der Waals surface area contributed by atoms with Crippen LogP contribution in [0.15, 0.2) is 23.6 Å². The number of hydrogen-bond donors (Lipinski definition) is 0. The van der Waals surface area contributed by atoms with Gasteiger partial charge in [0.05, 0.1) is 0 Å². The average Bonchev–Trinajstić information content (AvgIpc) is 2.82. The predicted octanol–water partition coefficient (Wildman–Crippen LogP) is 8.15. The molecule has 0 aromatic heterocycles. The highest BCUT2D eigenvalue weighted by Crippen LogP contribution is 2.28. The van der Waals surface area contributed by atoms with Gasteiger partial charge in [-0.25, -0.2) is 0 Å². The number of hydrogen-bond acceptors (Lipinski definition) is 4. The van der Waals surface area contributed by atoms with Gasteiger partial charge >= 0.3 is 17.1 Å². The number of unbranched alkanes of at least 4 members (excludes halogenated alkanes) is 4. The van der Waals surface area contributed by atoms with Crippen LogP contribution < -0.4 is 0 Å². The van der Waals surface area contributed by atoms with Crippen LogP contribution in [0.3, 0.4) is 0 Å². The standard InChI is InChI=1S/C26H54O4Si2/c1-7-13-15-17-23-31(27-19-9-3,28-20-10-4)25-26-32(29-21-11-5,30-22-12-6)24-18-16-14-8-2/h17-18,23-24H,7-16,19-22,25-26H2,1-6H3. The molecule has 32 heavy (non-hydrogen) atoms. The van der Waals surface area contributed by atoms with Crippen molar-refractivity contribution in [2.24, 2.45) is 0 Å². The lowest BCUT2D eigenvalue weighted by molar-refractivity contribution is 0.167. The lowest BCUT2D eigenvalue weighted by Gasteiger charge is -2.33. The Morgan fingerprint density at radius 3 is 1.03 bits per heavy atom. The first kappa shape index (κ1) is 31.8. The smallest absolute Gasteiger partial charge is 0.364 e. The first-order valence-corrected chi connectivity index (χ1v) is 17.7. The quantitative estimate of drug-likeness (QED) is 0.108. The summed E-state index contributed by atoms with van der Waals surface area (Å²) in [5, 5.41) is 0. The average molecular weight is 487 g/mol. The molecule has 0 spiro atoms. The van der Waals surface area contributed by atoms with Crippen LogP contribution in [0.25, 0.3) is 0 Å². The van der Waals surface area contributed by atoms with Crippen molar-refractivity contribution in [1.82, 2.24) is 0 Å². The van der Waals surface area contributed by atoms with E-state index in [-0.39, 0.29) is 0 Å². The van der Waals surface area contributed by atoms with Gasteiger partial charge in [0, 0.05) is 26.4 Å². The molecule has 0 atom stereocenters. The largest absolute Gasteiger partial charge is 0.391 e. The Morgan fingerprint density at radius 1 is 0.469 bits per heavy atom. The van der Waals surface area contributed by atoms with Crippen molar-refractivity contribution in [2.45, 2.75) is 118 Å². The van der Waals surface area contributed by atoms with E-state index < -0.39 is 17.1 Å². The fourth-order valence-corrected chi connectivity index (χ4v) is 10.8. The van der Waals surface area contributed by atoms with Gasteiger partial charge in [0.1, 0.15) is 0 Å². The van der Waals surface area contributed by atoms with Gasteiger partial charge in [-0.05, 0) is 62.0 Å². The zero-order valence-electron chi connectivity index (χ0n) is 22.3. The Kier molecular flexibility index (Phi) is 21.1. The van der Waals surface area contributed by atoms with Crippen molar-refractivity contribution in [3.8, 4) is 0 Å². The second-order valence-corrected chi connectivity index (χ2v) is 14.7. The SMILES string of the molecule is CCCCC=C[Si](CC[Si](C=CCCCC)(OCCC)OCCC)(OCCC)OCCC. The van der Waals surface area contributed by atoms with Crippen LogP contribution in [0.4, 0.5) is 0 Å². The second-order valence-electron chi connectivity index (χ2n) is 8.61. The maximum atomic E-state index is 6.53. The van der Waals surface area contributed by atoms with Gasteiger partial charge in [0.25, 0.3) is 0 Å². The highest BCUT2D eigenvalue weighted by Gasteiger charge is 2.42. The molecule has 0 radical (unpaired) electrons. The normalized spacial score (nSPS) is 13.1. The van der Waals surface area contributed by atoms with Crippen molar-refractivity contribution in [1.29, 1.82) is 0 Å². The highest BCUT2D eigenvalue weighted by molar-refractivity contribution is 6.78. The van der Waals surface area contributed by atoms with Crippen molar-refractivity contribution in [2.75, 3.05) is 26.4 Å². The Hall–Kier alpha value is -0.246. The summed E-state index contributed by atoms with van der Waals surface area (Å²) in [6, 6.07) is 1.79. The van der Waals surface area contributed by atoms with Gasteiger partial charge in [-0.1, -0.05) is 79.4 Å². The monoisotopic (exact) mass is 486 g/mol. The topological polar surface area (TPSA) is 36.9 Å². The fraction of sp³-hybridized carbons (Fsp3) is 0.846. The molecular weight excluding hydrogens is 432 g/mol. The fourth-order valence-electron chi connectivity index (χ4n) is 3.35. The molecule has 0 unspecified atom stereocenters. The van der Waals surface area contributed by atoms with E-state index >= 15 is 0 Å². The summed E-state index contributed by atoms with van der Waals surface area (Å²) >= 11 is 0. The molecular formula is C26H54O4Si2. The lowest BCUT2D eigenvalue weighted by Crippen LogP contribution is -2.47. The van der Waals surface area contributed by atoms with E-state index in [9.17, 15) is 0 Å². The summed E-state index contributed by atoms with van der Waals surface area (Å²) in [6.07, 6.45) is 15.6. The molecule has 0 aromatic carbocycles. The van der Waals surface area contributed by atoms with Gasteiger partial charge in [-0.3, -0.25) is 0 Å². The van der Waals surface area contributed by atoms with Crippen LogP contribution in [0.5, 0.6) is 0 Å². The minimum atomic E-state index is -2.47. The summed E-state index contributed by atoms with van der Waals surface area (Å²) in [6.45, 7) is 16.2. The predicted molar refractivity (Wildman–Crippen MR) is 143 cm³/mol. The Morgan fingerprint density at radius 2 is 0.781 bits per heavy atom. The van der Waals surface area contributed by atoms with E-state index in [1.807, 2.05) is 0 Å². The van der Waals surface area contributed by atoms with Gasteiger partial charge in [0.2, 0.25) is 0 Å². The highest BCUT2D eigenvalue weighted by atomic mass is 28.4. The summed E-state index contributed by atoms with van der Waals surface area (Å²) < 4.78 is 26.1. The Labute approximate surface area is 202 Å². The van der Waals surface area contributed by atoms with Crippen molar-refractivity contribution in [3.05, 3.63) is 23.6 Å². The molecule has 0 aromatic rings. The molecule has 0 saturated heterocycles. The van der Waals surface area contributed by atoms with E-state index in [1.165, 1.54) is 25.7 Å². The Bertz CT molecular complexity index is 411. The molecule has 0 amide bonds. The first-order valence-electron chi connectivity index (χ1n) is 13.5. The summed E-state index contributed by atoms with van der Waals surface area (Å²) in [7, 11) is -4.94. The number of allylic oxidation sites excluding steroid dienone is 2. The van der Waals surface area contributed by atoms with Gasteiger partial charge in [-0.2, -0.15) is 0 Å². The van der Waals surface area contributed by atoms with Crippen LogP contribution in [-0.2, 0) is 17.7 Å². The summed E-state index contributed by atoms with van der Waals surface area (Å²) in [4.78, 5) is 0. The van der Waals surface area contributed by atoms with Crippen LogP contribution in [0, 0.1) is 0 Å². The second kappa shape index (κ2) is 21.3. The van der Waals surface area contributed by atoms with E-state index in [0.29, 0.717) is 0 Å². The molecule has 0 rings (SSSR count). The molecule has 0 aliphatic rings. The zero-order valence-corrected chi connectivity index (χ0v) is 24.3. The third kappa shape index (κ3) is 14.8. The van der Waals surface area contributed by atoms with Gasteiger partial charge in [0.15, 0.2) is 0 Å². The van der Waals surface area contributed by atoms with Crippen LogP contribution in [0.2, 0.25) is 12.1 Å². The minimum Gasteiger partial charge on any atom is -0.391 e. The molecule has 0 aliphatic heterocycles. The third-order valence-corrected chi connectivity index (χ3v) is 11.9. The minimum absolute atomic E-state index is 0.751. The third-order valence-electron chi connectivity index (χ3n) is 5.22. The van der Waals surface area contributed by atoms with Crippen molar-refractivity contribution in [3.63, 3.8) is 0 Å². The van der Waals surface area contributed by atoms with Crippen molar-refractivity contribution < 1.29 is 17.7 Å². The van der Waals surface area contributed by atoms with Crippen LogP contribution in [0.1, 0.15) is 106 Å². The molecule has 0 N–H and O–H groups in total. The molecule has 0 saturated carbocycles. The van der Waals surface area contributed by atoms with E-state index in [2.05, 4.69) is 65.1 Å².